The van der Waals surface area contributed by atoms with E-state index in [4.69, 9.17) is 0 Å². The van der Waals surface area contributed by atoms with Crippen LogP contribution in [0.4, 0.5) is 11.6 Å². The van der Waals surface area contributed by atoms with E-state index < -0.39 is 0 Å². The minimum absolute atomic E-state index is 0.0560. The van der Waals surface area contributed by atoms with Crippen LogP contribution in [0.25, 0.3) is 0 Å². The molecule has 0 radical (unpaired) electrons. The molecular weight excluding hydrogens is 252 g/mol. The lowest BCUT2D eigenvalue weighted by Gasteiger charge is -2.17. The van der Waals surface area contributed by atoms with Gasteiger partial charge in [0.05, 0.1) is 6.54 Å². The predicted octanol–water partition coefficient (Wildman–Crippen LogP) is 2.55. The Balaban J connectivity index is 2.45. The number of likely N-dealkylation sites (N-methyl/N-ethyl adjacent to an activating group) is 1. The SMILES string of the molecule is C=CNc1cccc(NC(=O)CN(C)CCC(C)C)n1. The van der Waals surface area contributed by atoms with Crippen LogP contribution in [0.1, 0.15) is 20.3 Å². The molecule has 0 aromatic carbocycles. The Kier molecular flexibility index (Phi) is 6.73. The van der Waals surface area contributed by atoms with E-state index >= 15 is 0 Å². The smallest absolute Gasteiger partial charge is 0.239 e. The molecule has 5 nitrogen and oxygen atoms in total. The average molecular weight is 276 g/mol. The molecule has 0 aliphatic heterocycles. The summed E-state index contributed by atoms with van der Waals surface area (Å²) in [5, 5.41) is 5.68. The molecule has 0 aliphatic rings. The highest BCUT2D eigenvalue weighted by molar-refractivity contribution is 5.91. The van der Waals surface area contributed by atoms with E-state index in [0.29, 0.717) is 24.1 Å². The molecule has 0 bridgehead atoms. The van der Waals surface area contributed by atoms with Gasteiger partial charge in [0.15, 0.2) is 0 Å². The van der Waals surface area contributed by atoms with Crippen LogP contribution >= 0.6 is 0 Å². The van der Waals surface area contributed by atoms with Crippen LogP contribution in [0.2, 0.25) is 0 Å². The lowest BCUT2D eigenvalue weighted by molar-refractivity contribution is -0.117. The van der Waals surface area contributed by atoms with Gasteiger partial charge in [-0.2, -0.15) is 0 Å². The van der Waals surface area contributed by atoms with Crippen molar-refractivity contribution < 1.29 is 4.79 Å². The molecule has 1 aromatic rings. The minimum Gasteiger partial charge on any atom is -0.347 e. The van der Waals surface area contributed by atoms with Crippen molar-refractivity contribution in [2.75, 3.05) is 30.8 Å². The molecule has 2 N–H and O–H groups in total. The lowest BCUT2D eigenvalue weighted by atomic mass is 10.1. The van der Waals surface area contributed by atoms with E-state index in [0.717, 1.165) is 13.0 Å². The van der Waals surface area contributed by atoms with Gasteiger partial charge in [0.2, 0.25) is 5.91 Å². The Morgan fingerprint density at radius 3 is 2.80 bits per heavy atom. The molecule has 0 saturated heterocycles. The van der Waals surface area contributed by atoms with Crippen molar-refractivity contribution in [3.63, 3.8) is 0 Å². The van der Waals surface area contributed by atoms with Crippen LogP contribution in [0.3, 0.4) is 0 Å². The first-order valence-corrected chi connectivity index (χ1v) is 6.84. The van der Waals surface area contributed by atoms with E-state index in [1.807, 2.05) is 24.1 Å². The normalized spacial score (nSPS) is 10.7. The van der Waals surface area contributed by atoms with Gasteiger partial charge in [0.25, 0.3) is 0 Å². The van der Waals surface area contributed by atoms with E-state index in [1.165, 1.54) is 0 Å². The number of carbonyl (C=O) groups is 1. The average Bonchev–Trinajstić information content (AvgIpc) is 2.37. The van der Waals surface area contributed by atoms with E-state index in [-0.39, 0.29) is 5.91 Å². The summed E-state index contributed by atoms with van der Waals surface area (Å²) in [6.45, 7) is 9.21. The number of hydrogen-bond acceptors (Lipinski definition) is 4. The molecule has 0 unspecified atom stereocenters. The Morgan fingerprint density at radius 1 is 1.45 bits per heavy atom. The quantitative estimate of drug-likeness (QED) is 0.766. The number of aromatic nitrogens is 1. The zero-order chi connectivity index (χ0) is 15.0. The molecule has 0 spiro atoms. The van der Waals surface area contributed by atoms with Gasteiger partial charge in [-0.3, -0.25) is 9.69 Å². The van der Waals surface area contributed by atoms with E-state index in [1.54, 1.807) is 12.3 Å². The Morgan fingerprint density at radius 2 is 2.15 bits per heavy atom. The second kappa shape index (κ2) is 8.32. The number of amides is 1. The Bertz CT molecular complexity index is 445. The number of anilines is 2. The number of carbonyl (C=O) groups excluding carboxylic acids is 1. The maximum Gasteiger partial charge on any atom is 0.239 e. The molecular formula is C15H24N4O. The summed E-state index contributed by atoms with van der Waals surface area (Å²) >= 11 is 0. The highest BCUT2D eigenvalue weighted by atomic mass is 16.2. The zero-order valence-corrected chi connectivity index (χ0v) is 12.5. The first-order valence-electron chi connectivity index (χ1n) is 6.84. The molecule has 1 amide bonds. The van der Waals surface area contributed by atoms with Gasteiger partial charge < -0.3 is 10.6 Å². The molecule has 1 heterocycles. The first-order chi connectivity index (χ1) is 9.51. The van der Waals surface area contributed by atoms with Crippen LogP contribution in [-0.2, 0) is 4.79 Å². The van der Waals surface area contributed by atoms with Crippen LogP contribution in [0.15, 0.2) is 31.0 Å². The Labute approximate surface area is 121 Å². The van der Waals surface area contributed by atoms with Crippen molar-refractivity contribution in [1.29, 1.82) is 0 Å². The van der Waals surface area contributed by atoms with Gasteiger partial charge >= 0.3 is 0 Å². The lowest BCUT2D eigenvalue weighted by Crippen LogP contribution is -2.31. The summed E-state index contributed by atoms with van der Waals surface area (Å²) in [5.74, 6) is 1.79. The van der Waals surface area contributed by atoms with Crippen LogP contribution in [0.5, 0.6) is 0 Å². The summed E-state index contributed by atoms with van der Waals surface area (Å²) in [5.41, 5.74) is 0. The molecule has 0 saturated carbocycles. The van der Waals surface area contributed by atoms with Crippen molar-refractivity contribution in [1.82, 2.24) is 9.88 Å². The standard InChI is InChI=1S/C15H24N4O/c1-5-16-13-7-6-8-14(17-13)18-15(20)11-19(4)10-9-12(2)3/h5-8,12H,1,9-11H2,2-4H3,(H2,16,17,18,20). The topological polar surface area (TPSA) is 57.3 Å². The number of rotatable bonds is 8. The van der Waals surface area contributed by atoms with Gasteiger partial charge in [-0.25, -0.2) is 4.98 Å². The fourth-order valence-corrected chi connectivity index (χ4v) is 1.67. The third-order valence-electron chi connectivity index (χ3n) is 2.77. The molecule has 20 heavy (non-hydrogen) atoms. The maximum absolute atomic E-state index is 11.9. The van der Waals surface area contributed by atoms with Crippen molar-refractivity contribution in [2.45, 2.75) is 20.3 Å². The molecule has 1 rings (SSSR count). The second-order valence-corrected chi connectivity index (χ2v) is 5.23. The minimum atomic E-state index is -0.0560. The molecule has 110 valence electrons. The third-order valence-corrected chi connectivity index (χ3v) is 2.77. The Hall–Kier alpha value is -1.88. The maximum atomic E-state index is 11.9. The number of hydrogen-bond donors (Lipinski definition) is 2. The number of nitrogens with one attached hydrogen (secondary N) is 2. The summed E-state index contributed by atoms with van der Waals surface area (Å²) in [6.07, 6.45) is 2.63. The molecule has 0 aliphatic carbocycles. The van der Waals surface area contributed by atoms with Gasteiger partial charge in [-0.05, 0) is 44.3 Å². The highest BCUT2D eigenvalue weighted by Gasteiger charge is 2.08. The third kappa shape index (κ3) is 6.33. The first kappa shape index (κ1) is 16.2. The summed E-state index contributed by atoms with van der Waals surface area (Å²) in [6, 6.07) is 5.41. The van der Waals surface area contributed by atoms with E-state index in [9.17, 15) is 4.79 Å². The molecule has 0 fully saturated rings. The zero-order valence-electron chi connectivity index (χ0n) is 12.5. The second-order valence-electron chi connectivity index (χ2n) is 5.23. The van der Waals surface area contributed by atoms with Crippen molar-refractivity contribution in [2.24, 2.45) is 5.92 Å². The summed E-state index contributed by atoms with van der Waals surface area (Å²) in [4.78, 5) is 18.2. The summed E-state index contributed by atoms with van der Waals surface area (Å²) in [7, 11) is 1.95. The van der Waals surface area contributed by atoms with Gasteiger partial charge in [0, 0.05) is 0 Å². The predicted molar refractivity (Wildman–Crippen MR) is 83.6 cm³/mol. The van der Waals surface area contributed by atoms with Crippen LogP contribution in [-0.4, -0.2) is 35.9 Å². The fourth-order valence-electron chi connectivity index (χ4n) is 1.67. The largest absolute Gasteiger partial charge is 0.347 e. The monoisotopic (exact) mass is 276 g/mol. The van der Waals surface area contributed by atoms with E-state index in [2.05, 4.69) is 36.0 Å². The molecule has 5 heteroatoms. The van der Waals surface area contributed by atoms with Gasteiger partial charge in [0.1, 0.15) is 11.6 Å². The summed E-state index contributed by atoms with van der Waals surface area (Å²) < 4.78 is 0. The van der Waals surface area contributed by atoms with Crippen molar-refractivity contribution in [3.8, 4) is 0 Å². The highest BCUT2D eigenvalue weighted by Crippen LogP contribution is 2.09. The van der Waals surface area contributed by atoms with Crippen LogP contribution in [0, 0.1) is 5.92 Å². The fraction of sp³-hybridized carbons (Fsp3) is 0.467. The van der Waals surface area contributed by atoms with Crippen LogP contribution < -0.4 is 10.6 Å². The van der Waals surface area contributed by atoms with Gasteiger partial charge in [-0.1, -0.05) is 26.5 Å². The molecule has 1 aromatic heterocycles. The van der Waals surface area contributed by atoms with Crippen molar-refractivity contribution in [3.05, 3.63) is 31.0 Å². The molecule has 0 atom stereocenters. The van der Waals surface area contributed by atoms with Crippen molar-refractivity contribution >= 4 is 17.5 Å². The number of pyridine rings is 1. The van der Waals surface area contributed by atoms with Gasteiger partial charge in [-0.15, -0.1) is 0 Å². The number of nitrogens with zero attached hydrogens (tertiary/aromatic N) is 2.